The Bertz CT molecular complexity index is 343. The van der Waals surface area contributed by atoms with Crippen molar-refractivity contribution in [3.8, 4) is 6.07 Å². The van der Waals surface area contributed by atoms with Crippen molar-refractivity contribution >= 4 is 12.0 Å². The van der Waals surface area contributed by atoms with Crippen LogP contribution in [0.25, 0.3) is 0 Å². The number of likely N-dealkylation sites (tertiary alicyclic amines) is 1. The van der Waals surface area contributed by atoms with Gasteiger partial charge in [0.25, 0.3) is 0 Å². The number of ether oxygens (including phenoxy) is 1. The van der Waals surface area contributed by atoms with Gasteiger partial charge in [0, 0.05) is 19.1 Å². The van der Waals surface area contributed by atoms with Crippen molar-refractivity contribution in [2.45, 2.75) is 32.7 Å². The number of carbonyl (C=O) groups excluding carboxylic acids is 2. The van der Waals surface area contributed by atoms with E-state index in [9.17, 15) is 9.59 Å². The summed E-state index contributed by atoms with van der Waals surface area (Å²) in [6.07, 6.45) is 1.10. The second-order valence-electron chi connectivity index (χ2n) is 4.32. The van der Waals surface area contributed by atoms with Gasteiger partial charge >= 0.3 is 6.09 Å². The Labute approximate surface area is 107 Å². The lowest BCUT2D eigenvalue weighted by atomic mass is 10.0. The van der Waals surface area contributed by atoms with E-state index < -0.39 is 5.92 Å². The second kappa shape index (κ2) is 6.84. The minimum atomic E-state index is -0.631. The van der Waals surface area contributed by atoms with E-state index in [2.05, 4.69) is 5.32 Å². The molecule has 0 aromatic carbocycles. The molecule has 1 aliphatic rings. The number of carbonyl (C=O) groups is 2. The van der Waals surface area contributed by atoms with Crippen LogP contribution in [0.4, 0.5) is 4.79 Å². The minimum Gasteiger partial charge on any atom is -0.450 e. The van der Waals surface area contributed by atoms with Gasteiger partial charge in [0.2, 0.25) is 5.91 Å². The lowest BCUT2D eigenvalue weighted by Crippen LogP contribution is -2.47. The number of amides is 2. The molecule has 0 aliphatic carbocycles. The molecule has 1 rings (SSSR count). The third-order valence-corrected chi connectivity index (χ3v) is 2.95. The zero-order chi connectivity index (χ0) is 13.5. The van der Waals surface area contributed by atoms with Gasteiger partial charge in [-0.2, -0.15) is 5.26 Å². The van der Waals surface area contributed by atoms with Gasteiger partial charge in [-0.05, 0) is 26.7 Å². The highest BCUT2D eigenvalue weighted by atomic mass is 16.6. The van der Waals surface area contributed by atoms with Crippen molar-refractivity contribution in [2.24, 2.45) is 5.92 Å². The maximum absolute atomic E-state index is 11.5. The Kier molecular flexibility index (Phi) is 5.43. The van der Waals surface area contributed by atoms with Crippen LogP contribution in [0.15, 0.2) is 0 Å². The van der Waals surface area contributed by atoms with Crippen molar-refractivity contribution in [2.75, 3.05) is 19.7 Å². The number of hydrogen-bond acceptors (Lipinski definition) is 4. The summed E-state index contributed by atoms with van der Waals surface area (Å²) >= 11 is 0. The van der Waals surface area contributed by atoms with Crippen molar-refractivity contribution in [3.05, 3.63) is 0 Å². The van der Waals surface area contributed by atoms with Crippen LogP contribution < -0.4 is 5.32 Å². The molecule has 1 heterocycles. The molecule has 0 saturated carbocycles. The van der Waals surface area contributed by atoms with Crippen LogP contribution in [0.2, 0.25) is 0 Å². The Morgan fingerprint density at radius 1 is 1.50 bits per heavy atom. The van der Waals surface area contributed by atoms with Crippen molar-refractivity contribution in [3.63, 3.8) is 0 Å². The van der Waals surface area contributed by atoms with Crippen LogP contribution in [0, 0.1) is 17.2 Å². The van der Waals surface area contributed by atoms with Gasteiger partial charge in [-0.3, -0.25) is 4.79 Å². The third kappa shape index (κ3) is 3.91. The summed E-state index contributed by atoms with van der Waals surface area (Å²) in [5.41, 5.74) is 0. The van der Waals surface area contributed by atoms with E-state index in [-0.39, 0.29) is 18.0 Å². The zero-order valence-corrected chi connectivity index (χ0v) is 10.8. The quantitative estimate of drug-likeness (QED) is 0.809. The first-order valence-corrected chi connectivity index (χ1v) is 6.20. The lowest BCUT2D eigenvalue weighted by Gasteiger charge is -2.31. The van der Waals surface area contributed by atoms with Crippen LogP contribution >= 0.6 is 0 Å². The summed E-state index contributed by atoms with van der Waals surface area (Å²) < 4.78 is 4.91. The van der Waals surface area contributed by atoms with E-state index in [1.54, 1.807) is 18.7 Å². The number of hydrogen-bond donors (Lipinski definition) is 1. The highest BCUT2D eigenvalue weighted by Crippen LogP contribution is 2.12. The molecule has 0 aromatic heterocycles. The standard InChI is InChI=1S/C12H19N3O3/c1-3-18-12(17)15-6-4-10(5-7-15)14-11(16)9(2)8-13/h9-10H,3-7H2,1-2H3,(H,14,16). The molecule has 6 nitrogen and oxygen atoms in total. The SMILES string of the molecule is CCOC(=O)N1CCC(NC(=O)C(C)C#N)CC1. The molecule has 1 fully saturated rings. The predicted octanol–water partition coefficient (Wildman–Crippen LogP) is 0.883. The molecule has 2 amide bonds. The largest absolute Gasteiger partial charge is 0.450 e. The average Bonchev–Trinajstić information content (AvgIpc) is 2.38. The Hall–Kier alpha value is -1.77. The van der Waals surface area contributed by atoms with Crippen molar-refractivity contribution in [1.82, 2.24) is 10.2 Å². The van der Waals surface area contributed by atoms with Crippen LogP contribution in [0.3, 0.4) is 0 Å². The molecule has 1 aliphatic heterocycles. The van der Waals surface area contributed by atoms with Crippen molar-refractivity contribution < 1.29 is 14.3 Å². The molecule has 0 aromatic rings. The molecule has 1 atom stereocenters. The van der Waals surface area contributed by atoms with Gasteiger partial charge < -0.3 is 15.0 Å². The first-order chi connectivity index (χ1) is 8.58. The molecule has 1 saturated heterocycles. The summed E-state index contributed by atoms with van der Waals surface area (Å²) in [4.78, 5) is 24.6. The Balaban J connectivity index is 2.34. The molecular weight excluding hydrogens is 234 g/mol. The highest BCUT2D eigenvalue weighted by molar-refractivity contribution is 5.80. The first-order valence-electron chi connectivity index (χ1n) is 6.20. The van der Waals surface area contributed by atoms with E-state index in [0.717, 1.165) is 0 Å². The first kappa shape index (κ1) is 14.3. The fraction of sp³-hybridized carbons (Fsp3) is 0.750. The molecule has 0 radical (unpaired) electrons. The summed E-state index contributed by atoms with van der Waals surface area (Å²) in [6.45, 7) is 4.86. The minimum absolute atomic E-state index is 0.0407. The molecule has 18 heavy (non-hydrogen) atoms. The van der Waals surface area contributed by atoms with Crippen LogP contribution in [0.5, 0.6) is 0 Å². The van der Waals surface area contributed by atoms with Crippen LogP contribution in [-0.2, 0) is 9.53 Å². The monoisotopic (exact) mass is 253 g/mol. The molecule has 6 heteroatoms. The summed E-state index contributed by atoms with van der Waals surface area (Å²) in [5.74, 6) is -0.875. The molecule has 0 bridgehead atoms. The number of piperidine rings is 1. The van der Waals surface area contributed by atoms with E-state index in [1.807, 2.05) is 6.07 Å². The van der Waals surface area contributed by atoms with Crippen molar-refractivity contribution in [1.29, 1.82) is 5.26 Å². The van der Waals surface area contributed by atoms with Gasteiger partial charge in [-0.25, -0.2) is 4.79 Å². The van der Waals surface area contributed by atoms with E-state index in [4.69, 9.17) is 10.00 Å². The molecule has 1 unspecified atom stereocenters. The second-order valence-corrected chi connectivity index (χ2v) is 4.32. The maximum atomic E-state index is 11.5. The third-order valence-electron chi connectivity index (χ3n) is 2.95. The molecule has 0 spiro atoms. The van der Waals surface area contributed by atoms with Gasteiger partial charge in [-0.1, -0.05) is 0 Å². The van der Waals surface area contributed by atoms with Gasteiger partial charge in [0.1, 0.15) is 5.92 Å². The summed E-state index contributed by atoms with van der Waals surface area (Å²) in [5, 5.41) is 11.4. The van der Waals surface area contributed by atoms with E-state index in [0.29, 0.717) is 32.5 Å². The van der Waals surface area contributed by atoms with Gasteiger partial charge in [0.05, 0.1) is 12.7 Å². The highest BCUT2D eigenvalue weighted by Gasteiger charge is 2.25. The average molecular weight is 253 g/mol. The predicted molar refractivity (Wildman–Crippen MR) is 64.5 cm³/mol. The van der Waals surface area contributed by atoms with Gasteiger partial charge in [0.15, 0.2) is 0 Å². The number of nitriles is 1. The maximum Gasteiger partial charge on any atom is 0.409 e. The van der Waals surface area contributed by atoms with E-state index >= 15 is 0 Å². The van der Waals surface area contributed by atoms with Gasteiger partial charge in [-0.15, -0.1) is 0 Å². The lowest BCUT2D eigenvalue weighted by molar-refractivity contribution is -0.123. The summed E-state index contributed by atoms with van der Waals surface area (Å²) in [7, 11) is 0. The topological polar surface area (TPSA) is 82.4 Å². The molecule has 1 N–H and O–H groups in total. The van der Waals surface area contributed by atoms with Crippen LogP contribution in [0.1, 0.15) is 26.7 Å². The Morgan fingerprint density at radius 2 is 2.11 bits per heavy atom. The molecule has 100 valence electrons. The smallest absolute Gasteiger partial charge is 0.409 e. The number of nitrogens with one attached hydrogen (secondary N) is 1. The number of nitrogens with zero attached hydrogens (tertiary/aromatic N) is 2. The Morgan fingerprint density at radius 3 is 2.61 bits per heavy atom. The summed E-state index contributed by atoms with van der Waals surface area (Å²) in [6, 6.07) is 1.94. The fourth-order valence-electron chi connectivity index (χ4n) is 1.81. The molecular formula is C12H19N3O3. The fourth-order valence-corrected chi connectivity index (χ4v) is 1.81. The van der Waals surface area contributed by atoms with Crippen LogP contribution in [-0.4, -0.2) is 42.6 Å². The number of rotatable bonds is 3. The zero-order valence-electron chi connectivity index (χ0n) is 10.8. The normalized spacial score (nSPS) is 17.7. The van der Waals surface area contributed by atoms with E-state index in [1.165, 1.54) is 0 Å².